The second-order valence-corrected chi connectivity index (χ2v) is 5.61. The first-order chi connectivity index (χ1) is 10.8. The number of aliphatic hydroxyl groups is 1. The lowest BCUT2D eigenvalue weighted by Crippen LogP contribution is -2.34. The molecule has 0 saturated carbocycles. The van der Waals surface area contributed by atoms with Gasteiger partial charge in [-0.2, -0.15) is 0 Å². The smallest absolute Gasteiger partial charge is 0.0684 e. The summed E-state index contributed by atoms with van der Waals surface area (Å²) in [5.74, 6) is 0. The van der Waals surface area contributed by atoms with E-state index in [1.807, 2.05) is 48.5 Å². The van der Waals surface area contributed by atoms with Crippen LogP contribution in [-0.4, -0.2) is 11.7 Å². The molecule has 0 aromatic heterocycles. The van der Waals surface area contributed by atoms with Gasteiger partial charge in [0, 0.05) is 0 Å². The van der Waals surface area contributed by atoms with Crippen molar-refractivity contribution < 1.29 is 5.11 Å². The minimum atomic E-state index is -0.534. The third-order valence-electron chi connectivity index (χ3n) is 4.38. The van der Waals surface area contributed by atoms with Gasteiger partial charge >= 0.3 is 0 Å². The lowest BCUT2D eigenvalue weighted by molar-refractivity contribution is 0.242. The molecule has 0 heterocycles. The van der Waals surface area contributed by atoms with E-state index in [-0.39, 0.29) is 6.61 Å². The van der Waals surface area contributed by atoms with Gasteiger partial charge in [-0.15, -0.1) is 0 Å². The van der Waals surface area contributed by atoms with Gasteiger partial charge < -0.3 is 5.11 Å². The van der Waals surface area contributed by atoms with E-state index in [1.165, 1.54) is 5.56 Å². The van der Waals surface area contributed by atoms with E-state index in [9.17, 15) is 5.11 Å². The minimum absolute atomic E-state index is 0.0336. The Hall–Kier alpha value is -2.38. The summed E-state index contributed by atoms with van der Waals surface area (Å²) in [6, 6.07) is 28.8. The van der Waals surface area contributed by atoms with Crippen molar-refractivity contribution in [3.8, 4) is 0 Å². The summed E-state index contributed by atoms with van der Waals surface area (Å²) >= 11 is 0. The second kappa shape index (κ2) is 6.17. The minimum Gasteiger partial charge on any atom is -0.395 e. The molecule has 3 rings (SSSR count). The predicted octanol–water partition coefficient (Wildman–Crippen LogP) is 4.32. The first-order valence-electron chi connectivity index (χ1n) is 7.57. The molecule has 22 heavy (non-hydrogen) atoms. The van der Waals surface area contributed by atoms with Crippen molar-refractivity contribution in [1.82, 2.24) is 0 Å². The molecule has 3 aromatic rings. The zero-order valence-corrected chi connectivity index (χ0v) is 12.7. The topological polar surface area (TPSA) is 20.2 Å². The van der Waals surface area contributed by atoms with Crippen molar-refractivity contribution in [1.29, 1.82) is 0 Å². The summed E-state index contributed by atoms with van der Waals surface area (Å²) in [4.78, 5) is 0. The highest BCUT2D eigenvalue weighted by Crippen LogP contribution is 2.40. The van der Waals surface area contributed by atoms with Crippen molar-refractivity contribution in [3.63, 3.8) is 0 Å². The third-order valence-corrected chi connectivity index (χ3v) is 4.38. The van der Waals surface area contributed by atoms with Gasteiger partial charge in [-0.25, -0.2) is 0 Å². The summed E-state index contributed by atoms with van der Waals surface area (Å²) in [5.41, 5.74) is 4.02. The molecule has 0 aliphatic rings. The Balaban J connectivity index is 2.34. The van der Waals surface area contributed by atoms with Crippen LogP contribution < -0.4 is 0 Å². The Morgan fingerprint density at radius 2 is 1.14 bits per heavy atom. The molecule has 0 fully saturated rings. The van der Waals surface area contributed by atoms with E-state index in [2.05, 4.69) is 43.3 Å². The van der Waals surface area contributed by atoms with Crippen LogP contribution in [0.5, 0.6) is 0 Å². The summed E-state index contributed by atoms with van der Waals surface area (Å²) < 4.78 is 0. The fourth-order valence-corrected chi connectivity index (χ4v) is 3.24. The zero-order valence-electron chi connectivity index (χ0n) is 12.7. The monoisotopic (exact) mass is 288 g/mol. The lowest BCUT2D eigenvalue weighted by atomic mass is 9.69. The Labute approximate surface area is 131 Å². The van der Waals surface area contributed by atoms with Gasteiger partial charge in [0.25, 0.3) is 0 Å². The predicted molar refractivity (Wildman–Crippen MR) is 91.0 cm³/mol. The van der Waals surface area contributed by atoms with E-state index >= 15 is 0 Å². The van der Waals surface area contributed by atoms with Crippen LogP contribution in [-0.2, 0) is 5.41 Å². The quantitative estimate of drug-likeness (QED) is 0.709. The van der Waals surface area contributed by atoms with Gasteiger partial charge in [-0.05, 0) is 29.2 Å². The lowest BCUT2D eigenvalue weighted by Gasteiger charge is -2.35. The van der Waals surface area contributed by atoms with Crippen LogP contribution in [0.1, 0.15) is 22.3 Å². The normalized spacial score (nSPS) is 11.4. The average Bonchev–Trinajstić information content (AvgIpc) is 2.59. The molecule has 1 nitrogen and oxygen atoms in total. The van der Waals surface area contributed by atoms with Crippen LogP contribution in [0.15, 0.2) is 84.9 Å². The molecular weight excluding hydrogens is 268 g/mol. The van der Waals surface area contributed by atoms with Crippen LogP contribution in [0.25, 0.3) is 0 Å². The van der Waals surface area contributed by atoms with Crippen LogP contribution in [0.2, 0.25) is 0 Å². The Bertz CT molecular complexity index is 693. The summed E-state index contributed by atoms with van der Waals surface area (Å²) in [6.45, 7) is 2.14. The van der Waals surface area contributed by atoms with E-state index in [0.29, 0.717) is 0 Å². The van der Waals surface area contributed by atoms with Crippen LogP contribution >= 0.6 is 0 Å². The molecule has 1 N–H and O–H groups in total. The van der Waals surface area contributed by atoms with E-state index in [4.69, 9.17) is 0 Å². The second-order valence-electron chi connectivity index (χ2n) is 5.61. The molecule has 0 radical (unpaired) electrons. The van der Waals surface area contributed by atoms with Crippen LogP contribution in [0, 0.1) is 6.92 Å². The number of rotatable bonds is 4. The fourth-order valence-electron chi connectivity index (χ4n) is 3.24. The molecule has 0 aliphatic heterocycles. The molecule has 0 aliphatic carbocycles. The van der Waals surface area contributed by atoms with Gasteiger partial charge in [0.15, 0.2) is 0 Å². The Morgan fingerprint density at radius 3 is 1.59 bits per heavy atom. The molecule has 0 unspecified atom stereocenters. The van der Waals surface area contributed by atoms with Crippen LogP contribution in [0.3, 0.4) is 0 Å². The first kappa shape index (κ1) is 14.6. The van der Waals surface area contributed by atoms with Gasteiger partial charge in [0.05, 0.1) is 12.0 Å². The maximum absolute atomic E-state index is 10.5. The molecule has 0 bridgehead atoms. The van der Waals surface area contributed by atoms with E-state index < -0.39 is 5.41 Å². The molecule has 110 valence electrons. The highest BCUT2D eigenvalue weighted by Gasteiger charge is 2.36. The average molecular weight is 288 g/mol. The van der Waals surface area contributed by atoms with Crippen molar-refractivity contribution >= 4 is 0 Å². The molecule has 0 amide bonds. The standard InChI is InChI=1S/C21H20O/c1-17-10-8-9-15-20(17)21(16-22,18-11-4-2-5-12-18)19-13-6-3-7-14-19/h2-15,22H,16H2,1H3. The van der Waals surface area contributed by atoms with Gasteiger partial charge in [0.2, 0.25) is 0 Å². The summed E-state index contributed by atoms with van der Waals surface area (Å²) in [6.07, 6.45) is 0. The van der Waals surface area contributed by atoms with Crippen molar-refractivity contribution in [2.45, 2.75) is 12.3 Å². The van der Waals surface area contributed by atoms with Crippen molar-refractivity contribution in [3.05, 3.63) is 107 Å². The van der Waals surface area contributed by atoms with Crippen molar-refractivity contribution in [2.24, 2.45) is 0 Å². The van der Waals surface area contributed by atoms with E-state index in [1.54, 1.807) is 0 Å². The molecule has 0 saturated heterocycles. The number of hydrogen-bond acceptors (Lipinski definition) is 1. The van der Waals surface area contributed by atoms with Gasteiger partial charge in [0.1, 0.15) is 0 Å². The van der Waals surface area contributed by atoms with Gasteiger partial charge in [-0.1, -0.05) is 84.9 Å². The SMILES string of the molecule is Cc1ccccc1C(CO)(c1ccccc1)c1ccccc1. The van der Waals surface area contributed by atoms with Crippen molar-refractivity contribution in [2.75, 3.05) is 6.61 Å². The molecule has 0 atom stereocenters. The summed E-state index contributed by atoms with van der Waals surface area (Å²) in [5, 5.41) is 10.5. The number of benzene rings is 3. The maximum Gasteiger partial charge on any atom is 0.0684 e. The van der Waals surface area contributed by atoms with Gasteiger partial charge in [-0.3, -0.25) is 0 Å². The first-order valence-corrected chi connectivity index (χ1v) is 7.57. The molecule has 0 spiro atoms. The third kappa shape index (κ3) is 2.34. The Morgan fingerprint density at radius 1 is 0.682 bits per heavy atom. The largest absolute Gasteiger partial charge is 0.395 e. The molecule has 3 aromatic carbocycles. The summed E-state index contributed by atoms with van der Waals surface area (Å²) in [7, 11) is 0. The number of aryl methyl sites for hydroxylation is 1. The number of hydrogen-bond donors (Lipinski definition) is 1. The highest BCUT2D eigenvalue weighted by atomic mass is 16.3. The highest BCUT2D eigenvalue weighted by molar-refractivity contribution is 5.52. The van der Waals surface area contributed by atoms with E-state index in [0.717, 1.165) is 16.7 Å². The fraction of sp³-hybridized carbons (Fsp3) is 0.143. The maximum atomic E-state index is 10.5. The molecular formula is C21H20O. The van der Waals surface area contributed by atoms with Crippen LogP contribution in [0.4, 0.5) is 0 Å². The zero-order chi connectivity index (χ0) is 15.4. The molecule has 1 heteroatoms. The number of aliphatic hydroxyl groups excluding tert-OH is 1. The Kier molecular flexibility index (Phi) is 4.08.